The van der Waals surface area contributed by atoms with Gasteiger partial charge in [0.1, 0.15) is 0 Å². The molecule has 0 heterocycles. The Kier molecular flexibility index (Phi) is 5.50. The minimum absolute atomic E-state index is 0.258. The van der Waals surface area contributed by atoms with Crippen LogP contribution in [-0.2, 0) is 10.0 Å². The molecule has 17 heavy (non-hydrogen) atoms. The van der Waals surface area contributed by atoms with Gasteiger partial charge in [0.25, 0.3) is 0 Å². The van der Waals surface area contributed by atoms with E-state index in [9.17, 15) is 8.42 Å². The van der Waals surface area contributed by atoms with E-state index in [4.69, 9.17) is 0 Å². The number of thioether (sulfide) groups is 1. The van der Waals surface area contributed by atoms with Crippen LogP contribution in [0.5, 0.6) is 0 Å². The third kappa shape index (κ3) is 4.28. The van der Waals surface area contributed by atoms with Crippen molar-refractivity contribution in [3.63, 3.8) is 0 Å². The summed E-state index contributed by atoms with van der Waals surface area (Å²) in [7, 11) is -3.42. The molecule has 0 spiro atoms. The smallest absolute Gasteiger partial charge is 0.210 e. The standard InChI is InChI=1S/C11H16BrNO2S2/c1-8-4-5-11(10(12)6-8)17(14,15)13-7-9(2)16-3/h4-6,9,13H,7H2,1-3H3. The molecule has 0 saturated carbocycles. The molecule has 1 atom stereocenters. The second-order valence-electron chi connectivity index (χ2n) is 3.83. The Morgan fingerprint density at radius 2 is 2.12 bits per heavy atom. The van der Waals surface area contributed by atoms with Crippen LogP contribution in [0.2, 0.25) is 0 Å². The van der Waals surface area contributed by atoms with Gasteiger partial charge in [-0.25, -0.2) is 13.1 Å². The lowest BCUT2D eigenvalue weighted by Crippen LogP contribution is -2.29. The number of benzene rings is 1. The summed E-state index contributed by atoms with van der Waals surface area (Å²) >= 11 is 4.91. The summed E-state index contributed by atoms with van der Waals surface area (Å²) in [5.74, 6) is 0. The van der Waals surface area contributed by atoms with E-state index in [1.807, 2.05) is 20.1 Å². The minimum Gasteiger partial charge on any atom is -0.210 e. The maximum Gasteiger partial charge on any atom is 0.241 e. The molecule has 0 saturated heterocycles. The van der Waals surface area contributed by atoms with E-state index in [2.05, 4.69) is 20.7 Å². The summed E-state index contributed by atoms with van der Waals surface area (Å²) in [4.78, 5) is 0.288. The highest BCUT2D eigenvalue weighted by atomic mass is 79.9. The first-order valence-electron chi connectivity index (χ1n) is 5.15. The second-order valence-corrected chi connectivity index (χ2v) is 7.70. The van der Waals surface area contributed by atoms with Gasteiger partial charge < -0.3 is 0 Å². The van der Waals surface area contributed by atoms with E-state index in [-0.39, 0.29) is 10.1 Å². The zero-order chi connectivity index (χ0) is 13.1. The quantitative estimate of drug-likeness (QED) is 0.898. The normalized spacial score (nSPS) is 13.6. The molecule has 1 N–H and O–H groups in total. The van der Waals surface area contributed by atoms with Crippen molar-refractivity contribution in [2.45, 2.75) is 24.0 Å². The van der Waals surface area contributed by atoms with Crippen LogP contribution in [0.15, 0.2) is 27.6 Å². The highest BCUT2D eigenvalue weighted by Gasteiger charge is 2.17. The molecule has 6 heteroatoms. The predicted octanol–water partition coefficient (Wildman–Crippen LogP) is 2.79. The molecular formula is C11H16BrNO2S2. The van der Waals surface area contributed by atoms with E-state index >= 15 is 0 Å². The number of hydrogen-bond donors (Lipinski definition) is 1. The maximum absolute atomic E-state index is 12.0. The molecule has 0 aromatic heterocycles. The van der Waals surface area contributed by atoms with Crippen LogP contribution >= 0.6 is 27.7 Å². The third-order valence-corrected chi connectivity index (χ3v) is 5.71. The number of nitrogens with one attached hydrogen (secondary N) is 1. The first kappa shape index (κ1) is 15.0. The Morgan fingerprint density at radius 1 is 1.47 bits per heavy atom. The monoisotopic (exact) mass is 337 g/mol. The maximum atomic E-state index is 12.0. The van der Waals surface area contributed by atoms with Crippen molar-refractivity contribution < 1.29 is 8.42 Å². The Balaban J connectivity index is 2.90. The van der Waals surface area contributed by atoms with Crippen molar-refractivity contribution in [2.24, 2.45) is 0 Å². The average Bonchev–Trinajstić information content (AvgIpc) is 2.25. The molecule has 1 unspecified atom stereocenters. The molecule has 1 aromatic carbocycles. The van der Waals surface area contributed by atoms with Gasteiger partial charge in [-0.15, -0.1) is 0 Å². The van der Waals surface area contributed by atoms with E-state index in [1.165, 1.54) is 0 Å². The molecule has 1 aromatic rings. The van der Waals surface area contributed by atoms with Crippen LogP contribution in [0.3, 0.4) is 0 Å². The molecule has 0 aliphatic carbocycles. The number of halogens is 1. The summed E-state index contributed by atoms with van der Waals surface area (Å²) in [5, 5.41) is 0.258. The summed E-state index contributed by atoms with van der Waals surface area (Å²) in [6, 6.07) is 5.20. The Morgan fingerprint density at radius 3 is 2.65 bits per heavy atom. The predicted molar refractivity (Wildman–Crippen MR) is 77.0 cm³/mol. The number of hydrogen-bond acceptors (Lipinski definition) is 3. The lowest BCUT2D eigenvalue weighted by molar-refractivity contribution is 0.581. The fourth-order valence-corrected chi connectivity index (χ4v) is 3.89. The highest BCUT2D eigenvalue weighted by Crippen LogP contribution is 2.22. The van der Waals surface area contributed by atoms with Crippen molar-refractivity contribution in [1.29, 1.82) is 0 Å². The Hall–Kier alpha value is -0.0400. The summed E-state index contributed by atoms with van der Waals surface area (Å²) < 4.78 is 27.3. The molecule has 0 bridgehead atoms. The van der Waals surface area contributed by atoms with Gasteiger partial charge >= 0.3 is 0 Å². The van der Waals surface area contributed by atoms with Gasteiger partial charge in [-0.2, -0.15) is 11.8 Å². The molecule has 3 nitrogen and oxygen atoms in total. The van der Waals surface area contributed by atoms with Crippen LogP contribution in [0.4, 0.5) is 0 Å². The molecule has 0 aliphatic rings. The van der Waals surface area contributed by atoms with Crippen molar-refractivity contribution >= 4 is 37.7 Å². The van der Waals surface area contributed by atoms with E-state index in [0.29, 0.717) is 11.0 Å². The van der Waals surface area contributed by atoms with Gasteiger partial charge in [0.05, 0.1) is 4.90 Å². The molecular weight excluding hydrogens is 322 g/mol. The summed E-state index contributed by atoms with van der Waals surface area (Å²) in [6.07, 6.45) is 1.96. The summed E-state index contributed by atoms with van der Waals surface area (Å²) in [6.45, 7) is 4.34. The van der Waals surface area contributed by atoms with E-state index in [0.717, 1.165) is 5.56 Å². The first-order chi connectivity index (χ1) is 7.86. The van der Waals surface area contributed by atoms with Crippen LogP contribution in [-0.4, -0.2) is 26.5 Å². The van der Waals surface area contributed by atoms with E-state index in [1.54, 1.807) is 30.0 Å². The average molecular weight is 338 g/mol. The SMILES string of the molecule is CSC(C)CNS(=O)(=O)c1ccc(C)cc1Br. The molecule has 0 amide bonds. The largest absolute Gasteiger partial charge is 0.241 e. The van der Waals surface area contributed by atoms with Gasteiger partial charge in [-0.1, -0.05) is 13.0 Å². The van der Waals surface area contributed by atoms with Crippen molar-refractivity contribution in [1.82, 2.24) is 4.72 Å². The molecule has 1 rings (SSSR count). The zero-order valence-electron chi connectivity index (χ0n) is 10.0. The second kappa shape index (κ2) is 6.22. The number of sulfonamides is 1. The fraction of sp³-hybridized carbons (Fsp3) is 0.455. The fourth-order valence-electron chi connectivity index (χ4n) is 1.21. The first-order valence-corrected chi connectivity index (χ1v) is 8.72. The topological polar surface area (TPSA) is 46.2 Å². The van der Waals surface area contributed by atoms with Crippen LogP contribution in [0, 0.1) is 6.92 Å². The van der Waals surface area contributed by atoms with Gasteiger partial charge in [-0.05, 0) is 46.8 Å². The van der Waals surface area contributed by atoms with E-state index < -0.39 is 10.0 Å². The third-order valence-electron chi connectivity index (χ3n) is 2.34. The minimum atomic E-state index is -3.42. The van der Waals surface area contributed by atoms with Crippen molar-refractivity contribution in [2.75, 3.05) is 12.8 Å². The molecule has 96 valence electrons. The van der Waals surface area contributed by atoms with Crippen LogP contribution in [0.1, 0.15) is 12.5 Å². The lowest BCUT2D eigenvalue weighted by Gasteiger charge is -2.12. The van der Waals surface area contributed by atoms with Gasteiger partial charge in [0.15, 0.2) is 0 Å². The number of aryl methyl sites for hydroxylation is 1. The zero-order valence-corrected chi connectivity index (χ0v) is 13.2. The number of rotatable bonds is 5. The molecule has 0 radical (unpaired) electrons. The van der Waals surface area contributed by atoms with Crippen LogP contribution in [0.25, 0.3) is 0 Å². The van der Waals surface area contributed by atoms with Crippen molar-refractivity contribution in [3.8, 4) is 0 Å². The molecule has 0 aliphatic heterocycles. The molecule has 0 fully saturated rings. The van der Waals surface area contributed by atoms with Gasteiger partial charge in [0.2, 0.25) is 10.0 Å². The highest BCUT2D eigenvalue weighted by molar-refractivity contribution is 9.10. The Labute approximate surface area is 116 Å². The summed E-state index contributed by atoms with van der Waals surface area (Å²) in [5.41, 5.74) is 1.02. The van der Waals surface area contributed by atoms with Gasteiger partial charge in [0, 0.05) is 16.3 Å². The van der Waals surface area contributed by atoms with Crippen molar-refractivity contribution in [3.05, 3.63) is 28.2 Å². The van der Waals surface area contributed by atoms with Gasteiger partial charge in [-0.3, -0.25) is 0 Å². The lowest BCUT2D eigenvalue weighted by atomic mass is 10.2. The van der Waals surface area contributed by atoms with Crippen LogP contribution < -0.4 is 4.72 Å². The Bertz CT molecular complexity index is 488.